The predicted molar refractivity (Wildman–Crippen MR) is 96.8 cm³/mol. The van der Waals surface area contributed by atoms with Crippen LogP contribution in [0.3, 0.4) is 0 Å². The average Bonchev–Trinajstić information content (AvgIpc) is 2.55. The molecule has 0 radical (unpaired) electrons. The van der Waals surface area contributed by atoms with Crippen molar-refractivity contribution in [3.63, 3.8) is 0 Å². The number of carbonyl (C=O) groups excluding carboxylic acids is 1. The van der Waals surface area contributed by atoms with Crippen LogP contribution in [0.5, 0.6) is 0 Å². The Labute approximate surface area is 143 Å². The summed E-state index contributed by atoms with van der Waals surface area (Å²) in [7, 11) is -3.63. The van der Waals surface area contributed by atoms with Gasteiger partial charge in [0, 0.05) is 6.92 Å². The first-order chi connectivity index (χ1) is 10.9. The van der Waals surface area contributed by atoms with Crippen molar-refractivity contribution >= 4 is 13.1 Å². The lowest BCUT2D eigenvalue weighted by Crippen LogP contribution is -2.15. The van der Waals surface area contributed by atoms with E-state index >= 15 is 0 Å². The lowest BCUT2D eigenvalue weighted by atomic mass is 10.0. The normalized spacial score (nSPS) is 16.7. The molecule has 0 saturated carbocycles. The Morgan fingerprint density at radius 1 is 0.870 bits per heavy atom. The lowest BCUT2D eigenvalue weighted by molar-refractivity contribution is -0.112. The van der Waals surface area contributed by atoms with Gasteiger partial charge in [0.15, 0.2) is 0 Å². The topological polar surface area (TPSA) is 52.6 Å². The largest absolute Gasteiger partial charge is 0.396 e. The van der Waals surface area contributed by atoms with E-state index in [0.717, 1.165) is 51.4 Å². The van der Waals surface area contributed by atoms with Gasteiger partial charge < -0.3 is 9.05 Å². The van der Waals surface area contributed by atoms with E-state index in [4.69, 9.17) is 9.05 Å². The van der Waals surface area contributed by atoms with Crippen molar-refractivity contribution in [2.45, 2.75) is 86.0 Å². The lowest BCUT2D eigenvalue weighted by Gasteiger charge is -2.22. The summed E-state index contributed by atoms with van der Waals surface area (Å²) in [5.74, 6) is 0.682. The van der Waals surface area contributed by atoms with Gasteiger partial charge in [0.1, 0.15) is 0 Å². The van der Waals surface area contributed by atoms with E-state index in [1.807, 2.05) is 0 Å². The molecule has 0 spiro atoms. The van der Waals surface area contributed by atoms with E-state index in [2.05, 4.69) is 27.7 Å². The van der Waals surface area contributed by atoms with Crippen molar-refractivity contribution in [1.29, 1.82) is 0 Å². The van der Waals surface area contributed by atoms with E-state index in [9.17, 15) is 9.36 Å². The molecule has 0 fully saturated rings. The molecule has 23 heavy (non-hydrogen) atoms. The summed E-state index contributed by atoms with van der Waals surface area (Å²) >= 11 is 0. The van der Waals surface area contributed by atoms with Crippen molar-refractivity contribution < 1.29 is 18.4 Å². The van der Waals surface area contributed by atoms with E-state index in [1.54, 1.807) is 0 Å². The summed E-state index contributed by atoms with van der Waals surface area (Å²) in [6, 6.07) is 0. The number of hydrogen-bond donors (Lipinski definition) is 0. The van der Waals surface area contributed by atoms with Gasteiger partial charge in [-0.3, -0.25) is 9.36 Å². The second kappa shape index (κ2) is 13.1. The maximum absolute atomic E-state index is 12.7. The Morgan fingerprint density at radius 2 is 1.26 bits per heavy atom. The minimum absolute atomic E-state index is 0.341. The third kappa shape index (κ3) is 9.64. The molecule has 138 valence electrons. The second-order valence-electron chi connectivity index (χ2n) is 6.44. The Bertz CT molecular complexity index is 333. The van der Waals surface area contributed by atoms with Crippen LogP contribution in [-0.4, -0.2) is 18.7 Å². The van der Waals surface area contributed by atoms with Gasteiger partial charge in [-0.25, -0.2) is 0 Å². The van der Waals surface area contributed by atoms with Gasteiger partial charge in [-0.2, -0.15) is 0 Å². The van der Waals surface area contributed by atoms with Gasteiger partial charge in [-0.05, 0) is 24.7 Å². The Hall–Kier alpha value is -0.180. The van der Waals surface area contributed by atoms with Crippen LogP contribution in [0, 0.1) is 11.8 Å². The first kappa shape index (κ1) is 22.8. The highest BCUT2D eigenvalue weighted by Crippen LogP contribution is 2.50. The summed E-state index contributed by atoms with van der Waals surface area (Å²) in [6.45, 7) is 10.5. The Kier molecular flexibility index (Phi) is 13.0. The first-order valence-corrected chi connectivity index (χ1v) is 10.9. The van der Waals surface area contributed by atoms with Gasteiger partial charge in [-0.15, -0.1) is 0 Å². The Morgan fingerprint density at radius 3 is 1.52 bits per heavy atom. The highest BCUT2D eigenvalue weighted by Gasteiger charge is 2.32. The molecule has 5 heteroatoms. The minimum atomic E-state index is -3.63. The SMILES string of the molecule is CCCCC(CC)COP(=O)(OCC(CC)CCCC)C(C)=O. The van der Waals surface area contributed by atoms with E-state index in [1.165, 1.54) is 6.92 Å². The Balaban J connectivity index is 4.54. The molecular formula is C18H37O4P. The molecule has 0 aliphatic heterocycles. The second-order valence-corrected chi connectivity index (χ2v) is 8.58. The van der Waals surface area contributed by atoms with E-state index < -0.39 is 13.1 Å². The quantitative estimate of drug-likeness (QED) is 0.331. The van der Waals surface area contributed by atoms with Crippen LogP contribution in [0.25, 0.3) is 0 Å². The molecule has 0 aromatic heterocycles. The highest BCUT2D eigenvalue weighted by molar-refractivity contribution is 7.71. The van der Waals surface area contributed by atoms with Crippen LogP contribution < -0.4 is 0 Å². The molecule has 0 aliphatic carbocycles. The summed E-state index contributed by atoms with van der Waals surface area (Å²) in [5.41, 5.74) is -0.479. The fourth-order valence-corrected chi connectivity index (χ4v) is 3.67. The fraction of sp³-hybridized carbons (Fsp3) is 0.944. The fourth-order valence-electron chi connectivity index (χ4n) is 2.42. The average molecular weight is 348 g/mol. The molecule has 0 aromatic rings. The third-order valence-electron chi connectivity index (χ3n) is 4.43. The van der Waals surface area contributed by atoms with Crippen LogP contribution >= 0.6 is 7.60 Å². The van der Waals surface area contributed by atoms with Crippen LogP contribution in [0.4, 0.5) is 0 Å². The van der Waals surface area contributed by atoms with Crippen molar-refractivity contribution in [2.24, 2.45) is 11.8 Å². The molecule has 0 rings (SSSR count). The zero-order valence-corrected chi connectivity index (χ0v) is 16.7. The maximum atomic E-state index is 12.7. The molecule has 2 unspecified atom stereocenters. The molecule has 0 bridgehead atoms. The number of hydrogen-bond acceptors (Lipinski definition) is 4. The summed E-state index contributed by atoms with van der Waals surface area (Å²) in [6.07, 6.45) is 8.53. The smallest absolute Gasteiger partial charge is 0.303 e. The molecule has 0 aliphatic rings. The molecule has 0 saturated heterocycles. The van der Waals surface area contributed by atoms with Gasteiger partial charge in [-0.1, -0.05) is 66.2 Å². The van der Waals surface area contributed by atoms with E-state index in [-0.39, 0.29) is 0 Å². The summed E-state index contributed by atoms with van der Waals surface area (Å²) in [5, 5.41) is 0. The van der Waals surface area contributed by atoms with Gasteiger partial charge in [0.25, 0.3) is 0 Å². The molecule has 4 nitrogen and oxygen atoms in total. The highest BCUT2D eigenvalue weighted by atomic mass is 31.2. The van der Waals surface area contributed by atoms with Crippen molar-refractivity contribution in [1.82, 2.24) is 0 Å². The van der Waals surface area contributed by atoms with Gasteiger partial charge >= 0.3 is 7.60 Å². The van der Waals surface area contributed by atoms with Crippen LogP contribution in [-0.2, 0) is 18.4 Å². The predicted octanol–water partition coefficient (Wildman–Crippen LogP) is 6.19. The third-order valence-corrected chi connectivity index (χ3v) is 6.18. The minimum Gasteiger partial charge on any atom is -0.303 e. The van der Waals surface area contributed by atoms with E-state index in [0.29, 0.717) is 25.0 Å². The van der Waals surface area contributed by atoms with Gasteiger partial charge in [0.05, 0.1) is 13.2 Å². The summed E-state index contributed by atoms with van der Waals surface area (Å²) in [4.78, 5) is 11.8. The first-order valence-electron chi connectivity index (χ1n) is 9.33. The molecule has 2 atom stereocenters. The van der Waals surface area contributed by atoms with Crippen LogP contribution in [0.15, 0.2) is 0 Å². The monoisotopic (exact) mass is 348 g/mol. The molecule has 0 N–H and O–H groups in total. The van der Waals surface area contributed by atoms with Crippen molar-refractivity contribution in [2.75, 3.05) is 13.2 Å². The van der Waals surface area contributed by atoms with Crippen molar-refractivity contribution in [3.8, 4) is 0 Å². The standard InChI is InChI=1S/C18H37O4P/c1-6-10-12-17(8-3)14-21-23(20,16(5)19)22-15-18(9-4)13-11-7-2/h17-18H,6-15H2,1-5H3. The molecule has 0 heterocycles. The zero-order chi connectivity index (χ0) is 17.7. The zero-order valence-electron chi connectivity index (χ0n) is 15.8. The molecular weight excluding hydrogens is 311 g/mol. The van der Waals surface area contributed by atoms with Crippen LogP contribution in [0.2, 0.25) is 0 Å². The number of rotatable bonds is 15. The van der Waals surface area contributed by atoms with Gasteiger partial charge in [0.2, 0.25) is 5.52 Å². The molecule has 0 amide bonds. The maximum Gasteiger partial charge on any atom is 0.396 e. The molecule has 0 aromatic carbocycles. The number of unbranched alkanes of at least 4 members (excludes halogenated alkanes) is 2. The summed E-state index contributed by atoms with van der Waals surface area (Å²) < 4.78 is 23.8. The van der Waals surface area contributed by atoms with Crippen LogP contribution in [0.1, 0.15) is 86.0 Å². The number of carbonyl (C=O) groups is 1. The van der Waals surface area contributed by atoms with Crippen molar-refractivity contribution in [3.05, 3.63) is 0 Å².